The Balaban J connectivity index is 1.74. The lowest BCUT2D eigenvalue weighted by Gasteiger charge is -2.34. The van der Waals surface area contributed by atoms with Gasteiger partial charge in [0.1, 0.15) is 0 Å². The van der Waals surface area contributed by atoms with Crippen molar-refractivity contribution in [1.29, 1.82) is 0 Å². The SMILES string of the molecule is CC1(C)CCC(Nc2nc3cccc(Cl)c3s2)CC1. The Morgan fingerprint density at radius 1 is 1.32 bits per heavy atom. The zero-order valence-corrected chi connectivity index (χ0v) is 12.9. The van der Waals surface area contributed by atoms with Crippen LogP contribution in [0.15, 0.2) is 18.2 Å². The molecule has 1 aliphatic carbocycles. The molecule has 4 heteroatoms. The first-order valence-electron chi connectivity index (χ1n) is 6.85. The van der Waals surface area contributed by atoms with E-state index >= 15 is 0 Å². The van der Waals surface area contributed by atoms with E-state index in [1.54, 1.807) is 11.3 Å². The van der Waals surface area contributed by atoms with Crippen molar-refractivity contribution in [3.63, 3.8) is 0 Å². The molecular formula is C15H19ClN2S. The largest absolute Gasteiger partial charge is 0.359 e. The summed E-state index contributed by atoms with van der Waals surface area (Å²) in [5.74, 6) is 0. The minimum atomic E-state index is 0.509. The van der Waals surface area contributed by atoms with Crippen molar-refractivity contribution >= 4 is 38.3 Å². The van der Waals surface area contributed by atoms with E-state index in [1.807, 2.05) is 18.2 Å². The third-order valence-electron chi connectivity index (χ3n) is 4.03. The molecule has 2 nitrogen and oxygen atoms in total. The summed E-state index contributed by atoms with van der Waals surface area (Å²) in [5, 5.41) is 5.39. The van der Waals surface area contributed by atoms with Gasteiger partial charge in [0.2, 0.25) is 0 Å². The number of hydrogen-bond donors (Lipinski definition) is 1. The van der Waals surface area contributed by atoms with Crippen LogP contribution in [-0.2, 0) is 0 Å². The summed E-state index contributed by atoms with van der Waals surface area (Å²) in [6.45, 7) is 4.72. The predicted octanol–water partition coefficient (Wildman–Crippen LogP) is 5.33. The standard InChI is InChI=1S/C15H19ClN2S/c1-15(2)8-6-10(7-9-15)17-14-18-12-5-3-4-11(16)13(12)19-14/h3-5,10H,6-9H2,1-2H3,(H,17,18). The number of thiazole rings is 1. The molecular weight excluding hydrogens is 276 g/mol. The Labute approximate surface area is 123 Å². The molecule has 0 radical (unpaired) electrons. The van der Waals surface area contributed by atoms with Crippen LogP contribution in [0.25, 0.3) is 10.2 Å². The maximum absolute atomic E-state index is 6.19. The average molecular weight is 295 g/mol. The van der Waals surface area contributed by atoms with E-state index in [0.717, 1.165) is 20.4 Å². The fraction of sp³-hybridized carbons (Fsp3) is 0.533. The third-order valence-corrected chi connectivity index (χ3v) is 5.50. The Hall–Kier alpha value is -0.800. The van der Waals surface area contributed by atoms with Crippen molar-refractivity contribution in [2.24, 2.45) is 5.41 Å². The molecule has 1 heterocycles. The summed E-state index contributed by atoms with van der Waals surface area (Å²) < 4.78 is 1.09. The molecule has 0 amide bonds. The molecule has 1 N–H and O–H groups in total. The number of aromatic nitrogens is 1. The molecule has 0 aliphatic heterocycles. The summed E-state index contributed by atoms with van der Waals surface area (Å²) >= 11 is 7.86. The number of fused-ring (bicyclic) bond motifs is 1. The average Bonchev–Trinajstić information content (AvgIpc) is 2.76. The topological polar surface area (TPSA) is 24.9 Å². The van der Waals surface area contributed by atoms with Crippen LogP contribution in [0, 0.1) is 5.41 Å². The Kier molecular flexibility index (Phi) is 3.44. The molecule has 0 atom stereocenters. The summed E-state index contributed by atoms with van der Waals surface area (Å²) in [4.78, 5) is 4.63. The van der Waals surface area contributed by atoms with Gasteiger partial charge in [-0.1, -0.05) is 42.9 Å². The number of rotatable bonds is 2. The van der Waals surface area contributed by atoms with Gasteiger partial charge in [-0.3, -0.25) is 0 Å². The van der Waals surface area contributed by atoms with E-state index in [-0.39, 0.29) is 0 Å². The van der Waals surface area contributed by atoms with Crippen LogP contribution in [0.1, 0.15) is 39.5 Å². The van der Waals surface area contributed by atoms with Gasteiger partial charge in [-0.15, -0.1) is 0 Å². The van der Waals surface area contributed by atoms with E-state index < -0.39 is 0 Å². The molecule has 1 aromatic carbocycles. The lowest BCUT2D eigenvalue weighted by atomic mass is 9.76. The highest BCUT2D eigenvalue weighted by Gasteiger charge is 2.27. The molecule has 0 unspecified atom stereocenters. The van der Waals surface area contributed by atoms with Gasteiger partial charge in [0.15, 0.2) is 5.13 Å². The molecule has 1 aromatic heterocycles. The minimum Gasteiger partial charge on any atom is -0.359 e. The van der Waals surface area contributed by atoms with Crippen LogP contribution in [0.2, 0.25) is 5.02 Å². The van der Waals surface area contributed by atoms with Crippen LogP contribution >= 0.6 is 22.9 Å². The third kappa shape index (κ3) is 2.87. The van der Waals surface area contributed by atoms with Crippen LogP contribution in [0.5, 0.6) is 0 Å². The quantitative estimate of drug-likeness (QED) is 0.809. The normalized spacial score (nSPS) is 19.7. The van der Waals surface area contributed by atoms with Crippen LogP contribution < -0.4 is 5.32 Å². The van der Waals surface area contributed by atoms with Gasteiger partial charge in [-0.2, -0.15) is 0 Å². The predicted molar refractivity (Wildman–Crippen MR) is 84.3 cm³/mol. The number of nitrogens with zero attached hydrogens (tertiary/aromatic N) is 1. The summed E-state index contributed by atoms with van der Waals surface area (Å²) in [5.41, 5.74) is 1.51. The van der Waals surface area contributed by atoms with Crippen molar-refractivity contribution in [2.75, 3.05) is 5.32 Å². The molecule has 1 fully saturated rings. The van der Waals surface area contributed by atoms with Gasteiger partial charge in [0.05, 0.1) is 15.2 Å². The zero-order chi connectivity index (χ0) is 13.5. The van der Waals surface area contributed by atoms with Crippen molar-refractivity contribution in [1.82, 2.24) is 4.98 Å². The van der Waals surface area contributed by atoms with E-state index in [0.29, 0.717) is 11.5 Å². The van der Waals surface area contributed by atoms with Crippen LogP contribution in [-0.4, -0.2) is 11.0 Å². The highest BCUT2D eigenvalue weighted by molar-refractivity contribution is 7.22. The lowest BCUT2D eigenvalue weighted by Crippen LogP contribution is -2.29. The van der Waals surface area contributed by atoms with Crippen LogP contribution in [0.4, 0.5) is 5.13 Å². The fourth-order valence-electron chi connectivity index (χ4n) is 2.70. The maximum atomic E-state index is 6.19. The van der Waals surface area contributed by atoms with Gasteiger partial charge >= 0.3 is 0 Å². The fourth-order valence-corrected chi connectivity index (χ4v) is 3.93. The number of anilines is 1. The molecule has 0 saturated heterocycles. The zero-order valence-electron chi connectivity index (χ0n) is 11.4. The second-order valence-corrected chi connectivity index (χ2v) is 7.60. The van der Waals surface area contributed by atoms with Gasteiger partial charge in [0.25, 0.3) is 0 Å². The van der Waals surface area contributed by atoms with E-state index in [4.69, 9.17) is 11.6 Å². The molecule has 0 bridgehead atoms. The highest BCUT2D eigenvalue weighted by atomic mass is 35.5. The molecule has 3 rings (SSSR count). The second-order valence-electron chi connectivity index (χ2n) is 6.19. The van der Waals surface area contributed by atoms with E-state index in [2.05, 4.69) is 24.1 Å². The lowest BCUT2D eigenvalue weighted by molar-refractivity contribution is 0.232. The number of hydrogen-bond acceptors (Lipinski definition) is 3. The van der Waals surface area contributed by atoms with Crippen molar-refractivity contribution in [2.45, 2.75) is 45.6 Å². The molecule has 1 aliphatic rings. The molecule has 0 spiro atoms. The van der Waals surface area contributed by atoms with Crippen molar-refractivity contribution in [3.05, 3.63) is 23.2 Å². The monoisotopic (exact) mass is 294 g/mol. The number of nitrogens with one attached hydrogen (secondary N) is 1. The van der Waals surface area contributed by atoms with Crippen molar-refractivity contribution < 1.29 is 0 Å². The molecule has 2 aromatic rings. The molecule has 19 heavy (non-hydrogen) atoms. The van der Waals surface area contributed by atoms with Gasteiger partial charge in [-0.25, -0.2) is 4.98 Å². The summed E-state index contributed by atoms with van der Waals surface area (Å²) in [6.07, 6.45) is 5.04. The first-order valence-corrected chi connectivity index (χ1v) is 8.05. The highest BCUT2D eigenvalue weighted by Crippen LogP contribution is 2.37. The van der Waals surface area contributed by atoms with E-state index in [1.165, 1.54) is 25.7 Å². The number of halogens is 1. The minimum absolute atomic E-state index is 0.509. The first kappa shape index (κ1) is 13.2. The maximum Gasteiger partial charge on any atom is 0.184 e. The van der Waals surface area contributed by atoms with Gasteiger partial charge in [0, 0.05) is 6.04 Å². The Bertz CT molecular complexity index is 581. The smallest absolute Gasteiger partial charge is 0.184 e. The van der Waals surface area contributed by atoms with Crippen molar-refractivity contribution in [3.8, 4) is 0 Å². The molecule has 1 saturated carbocycles. The number of benzene rings is 1. The Morgan fingerprint density at radius 3 is 2.74 bits per heavy atom. The van der Waals surface area contributed by atoms with Gasteiger partial charge in [-0.05, 0) is 43.2 Å². The van der Waals surface area contributed by atoms with Crippen LogP contribution in [0.3, 0.4) is 0 Å². The molecule has 102 valence electrons. The van der Waals surface area contributed by atoms with E-state index in [9.17, 15) is 0 Å². The first-order chi connectivity index (χ1) is 9.03. The summed E-state index contributed by atoms with van der Waals surface area (Å²) in [6, 6.07) is 6.46. The second kappa shape index (κ2) is 4.95. The summed E-state index contributed by atoms with van der Waals surface area (Å²) in [7, 11) is 0. The Morgan fingerprint density at radius 2 is 2.05 bits per heavy atom. The van der Waals surface area contributed by atoms with Gasteiger partial charge < -0.3 is 5.32 Å².